The van der Waals surface area contributed by atoms with Crippen molar-refractivity contribution in [2.24, 2.45) is 0 Å². The van der Waals surface area contributed by atoms with Gasteiger partial charge in [0, 0.05) is 5.56 Å². The lowest BCUT2D eigenvalue weighted by Gasteiger charge is -2.35. The molecule has 2 nitrogen and oxygen atoms in total. The fourth-order valence-corrected chi connectivity index (χ4v) is 3.20. The van der Waals surface area contributed by atoms with Crippen molar-refractivity contribution >= 4 is 5.57 Å². The SMILES string of the molecule is C/C=C1\CCC(C)(C)c2cc(OCC)c(C(O)CC)cc21. The molecule has 1 aromatic carbocycles. The van der Waals surface area contributed by atoms with Crippen LogP contribution in [0.4, 0.5) is 0 Å². The highest BCUT2D eigenvalue weighted by Crippen LogP contribution is 2.45. The molecule has 116 valence electrons. The molecule has 2 heteroatoms. The van der Waals surface area contributed by atoms with E-state index >= 15 is 0 Å². The largest absolute Gasteiger partial charge is 0.493 e. The van der Waals surface area contributed by atoms with E-state index in [4.69, 9.17) is 4.74 Å². The highest BCUT2D eigenvalue weighted by Gasteiger charge is 2.31. The van der Waals surface area contributed by atoms with Crippen LogP contribution in [0.2, 0.25) is 0 Å². The molecule has 21 heavy (non-hydrogen) atoms. The maximum Gasteiger partial charge on any atom is 0.125 e. The number of allylic oxidation sites excluding steroid dienone is 2. The first-order valence-electron chi connectivity index (χ1n) is 8.09. The molecule has 0 heterocycles. The van der Waals surface area contributed by atoms with Crippen LogP contribution < -0.4 is 4.74 Å². The summed E-state index contributed by atoms with van der Waals surface area (Å²) in [6, 6.07) is 4.32. The van der Waals surface area contributed by atoms with E-state index < -0.39 is 6.10 Å². The lowest BCUT2D eigenvalue weighted by molar-refractivity contribution is 0.167. The Bertz CT molecular complexity index is 541. The number of rotatable bonds is 4. The van der Waals surface area contributed by atoms with Gasteiger partial charge < -0.3 is 9.84 Å². The zero-order chi connectivity index (χ0) is 15.6. The topological polar surface area (TPSA) is 29.5 Å². The second kappa shape index (κ2) is 6.23. The molecule has 0 saturated carbocycles. The number of hydrogen-bond donors (Lipinski definition) is 1. The van der Waals surface area contributed by atoms with Gasteiger partial charge in [-0.2, -0.15) is 0 Å². The fourth-order valence-electron chi connectivity index (χ4n) is 3.20. The smallest absolute Gasteiger partial charge is 0.125 e. The van der Waals surface area contributed by atoms with Gasteiger partial charge >= 0.3 is 0 Å². The summed E-state index contributed by atoms with van der Waals surface area (Å²) in [5.74, 6) is 0.844. The van der Waals surface area contributed by atoms with Crippen molar-refractivity contribution in [3.63, 3.8) is 0 Å². The van der Waals surface area contributed by atoms with Crippen molar-refractivity contribution < 1.29 is 9.84 Å². The van der Waals surface area contributed by atoms with E-state index in [1.54, 1.807) is 0 Å². The van der Waals surface area contributed by atoms with Gasteiger partial charge in [-0.3, -0.25) is 0 Å². The molecule has 0 radical (unpaired) electrons. The summed E-state index contributed by atoms with van der Waals surface area (Å²) in [4.78, 5) is 0. The number of benzene rings is 1. The molecular weight excluding hydrogens is 260 g/mol. The Morgan fingerprint density at radius 2 is 2.05 bits per heavy atom. The Morgan fingerprint density at radius 3 is 2.62 bits per heavy atom. The van der Waals surface area contributed by atoms with Crippen molar-refractivity contribution in [1.29, 1.82) is 0 Å². The predicted molar refractivity (Wildman–Crippen MR) is 88.8 cm³/mol. The summed E-state index contributed by atoms with van der Waals surface area (Å²) in [6.45, 7) is 11.3. The van der Waals surface area contributed by atoms with Crippen molar-refractivity contribution in [3.05, 3.63) is 34.9 Å². The van der Waals surface area contributed by atoms with E-state index in [-0.39, 0.29) is 5.41 Å². The Hall–Kier alpha value is -1.28. The van der Waals surface area contributed by atoms with Crippen LogP contribution in [0, 0.1) is 0 Å². The molecule has 2 rings (SSSR count). The van der Waals surface area contributed by atoms with Gasteiger partial charge in [0.05, 0.1) is 12.7 Å². The normalized spacial score (nSPS) is 20.2. The third-order valence-corrected chi connectivity index (χ3v) is 4.64. The van der Waals surface area contributed by atoms with Crippen molar-refractivity contribution in [2.45, 2.75) is 65.4 Å². The lowest BCUT2D eigenvalue weighted by Crippen LogP contribution is -2.24. The van der Waals surface area contributed by atoms with Crippen LogP contribution in [-0.4, -0.2) is 11.7 Å². The summed E-state index contributed by atoms with van der Waals surface area (Å²) in [5.41, 5.74) is 5.10. The van der Waals surface area contributed by atoms with Gasteiger partial charge in [0.25, 0.3) is 0 Å². The molecule has 1 atom stereocenters. The van der Waals surface area contributed by atoms with E-state index in [0.29, 0.717) is 13.0 Å². The van der Waals surface area contributed by atoms with E-state index in [1.807, 2.05) is 13.8 Å². The van der Waals surface area contributed by atoms with Gasteiger partial charge in [0.15, 0.2) is 0 Å². The van der Waals surface area contributed by atoms with Gasteiger partial charge in [-0.15, -0.1) is 0 Å². The van der Waals surface area contributed by atoms with Crippen LogP contribution in [0.3, 0.4) is 0 Å². The molecule has 0 amide bonds. The summed E-state index contributed by atoms with van der Waals surface area (Å²) in [5, 5.41) is 10.3. The van der Waals surface area contributed by atoms with Gasteiger partial charge in [-0.25, -0.2) is 0 Å². The Morgan fingerprint density at radius 1 is 1.33 bits per heavy atom. The molecule has 0 fully saturated rings. The fraction of sp³-hybridized carbons (Fsp3) is 0.579. The molecule has 1 unspecified atom stereocenters. The highest BCUT2D eigenvalue weighted by molar-refractivity contribution is 5.73. The average Bonchev–Trinajstić information content (AvgIpc) is 2.47. The number of aliphatic hydroxyl groups is 1. The first-order chi connectivity index (χ1) is 9.94. The molecule has 0 aromatic heterocycles. The van der Waals surface area contributed by atoms with Crippen LogP contribution in [0.1, 0.15) is 76.7 Å². The van der Waals surface area contributed by atoms with E-state index in [1.165, 1.54) is 16.7 Å². The predicted octanol–water partition coefficient (Wildman–Crippen LogP) is 5.00. The second-order valence-corrected chi connectivity index (χ2v) is 6.49. The second-order valence-electron chi connectivity index (χ2n) is 6.49. The first kappa shape index (κ1) is 16.1. The number of fused-ring (bicyclic) bond motifs is 1. The first-order valence-corrected chi connectivity index (χ1v) is 8.09. The quantitative estimate of drug-likeness (QED) is 0.844. The van der Waals surface area contributed by atoms with Crippen LogP contribution >= 0.6 is 0 Å². The summed E-state index contributed by atoms with van der Waals surface area (Å²) < 4.78 is 5.81. The average molecular weight is 288 g/mol. The molecule has 1 aromatic rings. The third kappa shape index (κ3) is 3.01. The monoisotopic (exact) mass is 288 g/mol. The minimum absolute atomic E-state index is 0.156. The number of aliphatic hydroxyl groups excluding tert-OH is 1. The maximum atomic E-state index is 10.3. The maximum absolute atomic E-state index is 10.3. The van der Waals surface area contributed by atoms with Gasteiger partial charge in [-0.05, 0) is 67.4 Å². The van der Waals surface area contributed by atoms with Crippen LogP contribution in [-0.2, 0) is 5.41 Å². The van der Waals surface area contributed by atoms with Crippen LogP contribution in [0.25, 0.3) is 5.57 Å². The Kier molecular flexibility index (Phi) is 4.77. The summed E-state index contributed by atoms with van der Waals surface area (Å²) in [6.07, 6.45) is 4.71. The molecule has 1 aliphatic rings. The zero-order valence-corrected chi connectivity index (χ0v) is 14.0. The molecular formula is C19H28O2. The molecule has 0 saturated heterocycles. The van der Waals surface area contributed by atoms with Gasteiger partial charge in [0.2, 0.25) is 0 Å². The van der Waals surface area contributed by atoms with Gasteiger partial charge in [-0.1, -0.05) is 26.8 Å². The molecule has 0 spiro atoms. The van der Waals surface area contributed by atoms with E-state index in [0.717, 1.165) is 24.2 Å². The molecule has 1 N–H and O–H groups in total. The van der Waals surface area contributed by atoms with Crippen molar-refractivity contribution in [3.8, 4) is 5.75 Å². The van der Waals surface area contributed by atoms with Crippen LogP contribution in [0.15, 0.2) is 18.2 Å². The van der Waals surface area contributed by atoms with Crippen molar-refractivity contribution in [1.82, 2.24) is 0 Å². The zero-order valence-electron chi connectivity index (χ0n) is 14.0. The summed E-state index contributed by atoms with van der Waals surface area (Å²) in [7, 11) is 0. The summed E-state index contributed by atoms with van der Waals surface area (Å²) >= 11 is 0. The standard InChI is InChI=1S/C19H28O2/c1-6-13-9-10-19(4,5)16-12-18(21-8-3)15(11-14(13)16)17(20)7-2/h6,11-12,17,20H,7-10H2,1-5H3/b13-6+. The Labute approximate surface area is 128 Å². The minimum Gasteiger partial charge on any atom is -0.493 e. The number of ether oxygens (including phenoxy) is 1. The van der Waals surface area contributed by atoms with Crippen LogP contribution in [0.5, 0.6) is 5.75 Å². The lowest BCUT2D eigenvalue weighted by atomic mass is 9.70. The van der Waals surface area contributed by atoms with Gasteiger partial charge in [0.1, 0.15) is 5.75 Å². The Balaban J connectivity index is 2.65. The van der Waals surface area contributed by atoms with E-state index in [2.05, 4.69) is 39.0 Å². The van der Waals surface area contributed by atoms with Crippen molar-refractivity contribution in [2.75, 3.05) is 6.61 Å². The minimum atomic E-state index is -0.458. The molecule has 1 aliphatic carbocycles. The number of hydrogen-bond acceptors (Lipinski definition) is 2. The molecule has 0 bridgehead atoms. The third-order valence-electron chi connectivity index (χ3n) is 4.64. The highest BCUT2D eigenvalue weighted by atomic mass is 16.5. The van der Waals surface area contributed by atoms with E-state index in [9.17, 15) is 5.11 Å². The molecule has 0 aliphatic heterocycles.